The molecule has 2 aromatic rings. The summed E-state index contributed by atoms with van der Waals surface area (Å²) in [6.45, 7) is 2.35. The van der Waals surface area contributed by atoms with Crippen molar-refractivity contribution in [3.8, 4) is 5.75 Å². The fourth-order valence-corrected chi connectivity index (χ4v) is 2.35. The molecule has 1 amide bonds. The lowest BCUT2D eigenvalue weighted by Crippen LogP contribution is -2.24. The zero-order valence-electron chi connectivity index (χ0n) is 13.2. The molecular formula is C18H20ClNO3. The van der Waals surface area contributed by atoms with Gasteiger partial charge in [0.25, 0.3) is 0 Å². The van der Waals surface area contributed by atoms with Gasteiger partial charge >= 0.3 is 0 Å². The molecule has 0 aromatic heterocycles. The number of hydrogen-bond donors (Lipinski definition) is 2. The maximum atomic E-state index is 12.0. The second-order valence-corrected chi connectivity index (χ2v) is 5.79. The predicted molar refractivity (Wildman–Crippen MR) is 90.6 cm³/mol. The first-order valence-electron chi connectivity index (χ1n) is 7.33. The molecule has 0 saturated heterocycles. The minimum atomic E-state index is -0.847. The number of nitrogens with one attached hydrogen (secondary N) is 1. The van der Waals surface area contributed by atoms with Gasteiger partial charge in [-0.1, -0.05) is 35.9 Å². The van der Waals surface area contributed by atoms with Crippen molar-refractivity contribution in [3.05, 3.63) is 64.2 Å². The van der Waals surface area contributed by atoms with Crippen LogP contribution in [0.5, 0.6) is 5.75 Å². The number of carbonyl (C=O) groups is 1. The van der Waals surface area contributed by atoms with E-state index in [9.17, 15) is 9.90 Å². The maximum absolute atomic E-state index is 12.0. The first kappa shape index (κ1) is 17.3. The Morgan fingerprint density at radius 3 is 2.61 bits per heavy atom. The highest BCUT2D eigenvalue weighted by Crippen LogP contribution is 2.20. The second kappa shape index (κ2) is 7.99. The lowest BCUT2D eigenvalue weighted by Gasteiger charge is -2.12. The van der Waals surface area contributed by atoms with Crippen molar-refractivity contribution < 1.29 is 14.6 Å². The Balaban J connectivity index is 1.88. The van der Waals surface area contributed by atoms with E-state index in [1.54, 1.807) is 31.4 Å². The molecule has 0 bridgehead atoms. The molecule has 0 spiro atoms. The van der Waals surface area contributed by atoms with E-state index in [1.807, 2.05) is 25.1 Å². The van der Waals surface area contributed by atoms with Gasteiger partial charge in [-0.15, -0.1) is 0 Å². The summed E-state index contributed by atoms with van der Waals surface area (Å²) < 4.78 is 5.26. The molecule has 0 heterocycles. The van der Waals surface area contributed by atoms with Crippen molar-refractivity contribution in [3.63, 3.8) is 0 Å². The van der Waals surface area contributed by atoms with Gasteiger partial charge in [0.2, 0.25) is 5.91 Å². The standard InChI is InChI=1S/C18H20ClNO3/c1-12-3-4-13(9-17(12)23-2)11-20-18(22)10-16(21)14-5-7-15(19)8-6-14/h3-9,16,21H,10-11H2,1-2H3,(H,20,22). The van der Waals surface area contributed by atoms with E-state index >= 15 is 0 Å². The molecule has 0 fully saturated rings. The molecule has 23 heavy (non-hydrogen) atoms. The normalized spacial score (nSPS) is 11.8. The number of aryl methyl sites for hydroxylation is 1. The third-order valence-corrected chi connectivity index (χ3v) is 3.85. The lowest BCUT2D eigenvalue weighted by atomic mass is 10.1. The summed E-state index contributed by atoms with van der Waals surface area (Å²) in [6, 6.07) is 12.6. The largest absolute Gasteiger partial charge is 0.496 e. The van der Waals surface area contributed by atoms with Crippen LogP contribution in [0.2, 0.25) is 5.02 Å². The molecule has 4 nitrogen and oxygen atoms in total. The third kappa shape index (κ3) is 4.98. The molecule has 2 N–H and O–H groups in total. The zero-order valence-corrected chi connectivity index (χ0v) is 13.9. The van der Waals surface area contributed by atoms with Crippen LogP contribution in [0.4, 0.5) is 0 Å². The van der Waals surface area contributed by atoms with Crippen LogP contribution < -0.4 is 10.1 Å². The van der Waals surface area contributed by atoms with E-state index in [1.165, 1.54) is 0 Å². The van der Waals surface area contributed by atoms with Crippen LogP contribution in [0.3, 0.4) is 0 Å². The topological polar surface area (TPSA) is 58.6 Å². The SMILES string of the molecule is COc1cc(CNC(=O)CC(O)c2ccc(Cl)cc2)ccc1C. The van der Waals surface area contributed by atoms with Crippen molar-refractivity contribution in [2.45, 2.75) is 26.0 Å². The summed E-state index contributed by atoms with van der Waals surface area (Å²) in [5.41, 5.74) is 2.66. The van der Waals surface area contributed by atoms with Crippen LogP contribution in [0.1, 0.15) is 29.2 Å². The summed E-state index contributed by atoms with van der Waals surface area (Å²) in [5, 5.41) is 13.5. The molecule has 1 unspecified atom stereocenters. The molecule has 0 radical (unpaired) electrons. The quantitative estimate of drug-likeness (QED) is 0.851. The van der Waals surface area contributed by atoms with Crippen LogP contribution in [0.25, 0.3) is 0 Å². The Morgan fingerprint density at radius 1 is 1.26 bits per heavy atom. The van der Waals surface area contributed by atoms with E-state index < -0.39 is 6.10 Å². The Kier molecular flexibility index (Phi) is 6.02. The van der Waals surface area contributed by atoms with Gasteiger partial charge in [-0.3, -0.25) is 4.79 Å². The average Bonchev–Trinajstić information content (AvgIpc) is 2.54. The number of rotatable bonds is 6. The van der Waals surface area contributed by atoms with E-state index in [-0.39, 0.29) is 12.3 Å². The summed E-state index contributed by atoms with van der Waals surface area (Å²) >= 11 is 5.80. The number of amides is 1. The number of aliphatic hydroxyl groups is 1. The van der Waals surface area contributed by atoms with Crippen molar-refractivity contribution in [1.82, 2.24) is 5.32 Å². The Bertz CT molecular complexity index is 670. The molecular weight excluding hydrogens is 314 g/mol. The van der Waals surface area contributed by atoms with Gasteiger partial charge in [0.05, 0.1) is 19.6 Å². The van der Waals surface area contributed by atoms with Crippen LogP contribution in [-0.2, 0) is 11.3 Å². The average molecular weight is 334 g/mol. The first-order chi connectivity index (χ1) is 11.0. The Morgan fingerprint density at radius 2 is 1.96 bits per heavy atom. The van der Waals surface area contributed by atoms with E-state index in [0.717, 1.165) is 16.9 Å². The fourth-order valence-electron chi connectivity index (χ4n) is 2.23. The Hall–Kier alpha value is -2.04. The van der Waals surface area contributed by atoms with Gasteiger partial charge in [-0.05, 0) is 41.8 Å². The number of carbonyl (C=O) groups excluding carboxylic acids is 1. The van der Waals surface area contributed by atoms with Gasteiger partial charge in [0, 0.05) is 11.6 Å². The van der Waals surface area contributed by atoms with Crippen molar-refractivity contribution in [2.24, 2.45) is 0 Å². The third-order valence-electron chi connectivity index (χ3n) is 3.60. The molecule has 5 heteroatoms. The monoisotopic (exact) mass is 333 g/mol. The number of aliphatic hydroxyl groups excluding tert-OH is 1. The number of halogens is 1. The maximum Gasteiger partial charge on any atom is 0.223 e. The minimum absolute atomic E-state index is 0.00459. The summed E-state index contributed by atoms with van der Waals surface area (Å²) in [4.78, 5) is 12.0. The van der Waals surface area contributed by atoms with Crippen LogP contribution in [0, 0.1) is 6.92 Å². The summed E-state index contributed by atoms with van der Waals surface area (Å²) in [5.74, 6) is 0.574. The molecule has 0 saturated carbocycles. The number of methoxy groups -OCH3 is 1. The highest BCUT2D eigenvalue weighted by atomic mass is 35.5. The lowest BCUT2D eigenvalue weighted by molar-refractivity contribution is -0.123. The molecule has 2 aromatic carbocycles. The number of benzene rings is 2. The molecule has 2 rings (SSSR count). The first-order valence-corrected chi connectivity index (χ1v) is 7.71. The summed E-state index contributed by atoms with van der Waals surface area (Å²) in [7, 11) is 1.62. The summed E-state index contributed by atoms with van der Waals surface area (Å²) in [6.07, 6.45) is -0.843. The fraction of sp³-hybridized carbons (Fsp3) is 0.278. The molecule has 0 aliphatic heterocycles. The number of ether oxygens (including phenoxy) is 1. The highest BCUT2D eigenvalue weighted by Gasteiger charge is 2.13. The predicted octanol–water partition coefficient (Wildman–Crippen LogP) is 3.40. The second-order valence-electron chi connectivity index (χ2n) is 5.35. The number of hydrogen-bond acceptors (Lipinski definition) is 3. The highest BCUT2D eigenvalue weighted by molar-refractivity contribution is 6.30. The van der Waals surface area contributed by atoms with Crippen LogP contribution in [0.15, 0.2) is 42.5 Å². The zero-order chi connectivity index (χ0) is 16.8. The molecule has 0 aliphatic carbocycles. The van der Waals surface area contributed by atoms with Crippen LogP contribution >= 0.6 is 11.6 Å². The molecule has 122 valence electrons. The van der Waals surface area contributed by atoms with E-state index in [2.05, 4.69) is 5.32 Å². The van der Waals surface area contributed by atoms with Crippen molar-refractivity contribution in [1.29, 1.82) is 0 Å². The van der Waals surface area contributed by atoms with Gasteiger partial charge in [-0.25, -0.2) is 0 Å². The minimum Gasteiger partial charge on any atom is -0.496 e. The van der Waals surface area contributed by atoms with E-state index in [0.29, 0.717) is 17.1 Å². The van der Waals surface area contributed by atoms with Crippen LogP contribution in [-0.4, -0.2) is 18.1 Å². The smallest absolute Gasteiger partial charge is 0.223 e. The molecule has 0 aliphatic rings. The Labute approximate surface area is 141 Å². The molecule has 1 atom stereocenters. The van der Waals surface area contributed by atoms with Gasteiger partial charge in [-0.2, -0.15) is 0 Å². The van der Waals surface area contributed by atoms with Crippen molar-refractivity contribution in [2.75, 3.05) is 7.11 Å². The van der Waals surface area contributed by atoms with Gasteiger partial charge < -0.3 is 15.2 Å². The van der Waals surface area contributed by atoms with Gasteiger partial charge in [0.1, 0.15) is 5.75 Å². The van der Waals surface area contributed by atoms with E-state index in [4.69, 9.17) is 16.3 Å². The van der Waals surface area contributed by atoms with Gasteiger partial charge in [0.15, 0.2) is 0 Å². The van der Waals surface area contributed by atoms with Crippen molar-refractivity contribution >= 4 is 17.5 Å².